The van der Waals surface area contributed by atoms with Crippen LogP contribution >= 0.6 is 0 Å². The maximum atomic E-state index is 2.70. The zero-order valence-electron chi connectivity index (χ0n) is 32.9. The van der Waals surface area contributed by atoms with Gasteiger partial charge >= 0.3 is 0 Å². The Bertz CT molecular complexity index is 2410. The van der Waals surface area contributed by atoms with Crippen LogP contribution in [-0.4, -0.2) is 0 Å². The van der Waals surface area contributed by atoms with Gasteiger partial charge in [-0.15, -0.1) is 0 Å². The summed E-state index contributed by atoms with van der Waals surface area (Å²) in [7, 11) is 0. The van der Waals surface area contributed by atoms with Crippen LogP contribution in [0.5, 0.6) is 0 Å². The molecule has 0 unspecified atom stereocenters. The second-order valence-corrected chi connectivity index (χ2v) is 20.1. The molecule has 0 heterocycles. The van der Waals surface area contributed by atoms with E-state index in [1.807, 2.05) is 0 Å². The smallest absolute Gasteiger partial charge is 0.0465 e. The summed E-state index contributed by atoms with van der Waals surface area (Å²) in [6.07, 6.45) is 14.2. The zero-order chi connectivity index (χ0) is 37.0. The Balaban J connectivity index is 0.973. The number of rotatable bonds is 4. The van der Waals surface area contributed by atoms with Gasteiger partial charge in [0, 0.05) is 27.9 Å². The highest BCUT2D eigenvalue weighted by Crippen LogP contribution is 2.71. The van der Waals surface area contributed by atoms with Gasteiger partial charge in [0.2, 0.25) is 0 Å². The van der Waals surface area contributed by atoms with Gasteiger partial charge in [0.15, 0.2) is 0 Å². The van der Waals surface area contributed by atoms with Crippen molar-refractivity contribution < 1.29 is 0 Å². The minimum Gasteiger partial charge on any atom is -0.310 e. The summed E-state index contributed by atoms with van der Waals surface area (Å²) >= 11 is 0. The molecule has 8 saturated carbocycles. The van der Waals surface area contributed by atoms with Crippen LogP contribution in [0, 0.1) is 47.3 Å². The fourth-order valence-electron chi connectivity index (χ4n) is 16.4. The molecule has 0 atom stereocenters. The molecule has 6 aromatic rings. The van der Waals surface area contributed by atoms with E-state index in [1.54, 1.807) is 22.3 Å². The number of benzene rings is 6. The van der Waals surface area contributed by atoms with Crippen LogP contribution in [0.4, 0.5) is 17.1 Å². The van der Waals surface area contributed by atoms with Crippen molar-refractivity contribution in [1.82, 2.24) is 0 Å². The van der Waals surface area contributed by atoms with Crippen molar-refractivity contribution in [3.63, 3.8) is 0 Å². The van der Waals surface area contributed by atoms with Gasteiger partial charge in [-0.3, -0.25) is 0 Å². The number of hydrogen-bond acceptors (Lipinski definition) is 1. The normalized spacial score (nSPS) is 33.8. The first-order chi connectivity index (χ1) is 28.2. The largest absolute Gasteiger partial charge is 0.310 e. The second-order valence-electron chi connectivity index (χ2n) is 20.1. The van der Waals surface area contributed by atoms with Gasteiger partial charge in [0.25, 0.3) is 0 Å². The number of nitrogens with zero attached hydrogens (tertiary/aromatic N) is 1. The molecule has 0 N–H and O–H groups in total. The Morgan fingerprint density at radius 3 is 1.14 bits per heavy atom. The van der Waals surface area contributed by atoms with Crippen LogP contribution in [-0.2, 0) is 10.8 Å². The lowest BCUT2D eigenvalue weighted by Gasteiger charge is -2.61. The molecule has 57 heavy (non-hydrogen) atoms. The van der Waals surface area contributed by atoms with Gasteiger partial charge in [0.05, 0.1) is 0 Å². The summed E-state index contributed by atoms with van der Waals surface area (Å²) in [5.74, 6) is 6.74. The molecule has 2 spiro atoms. The van der Waals surface area contributed by atoms with E-state index in [2.05, 4.69) is 144 Å². The van der Waals surface area contributed by atoms with Crippen molar-refractivity contribution in [3.05, 3.63) is 162 Å². The molecule has 10 aliphatic rings. The van der Waals surface area contributed by atoms with E-state index in [0.29, 0.717) is 0 Å². The lowest BCUT2D eigenvalue weighted by atomic mass is 9.43. The number of anilines is 3. The fourth-order valence-corrected chi connectivity index (χ4v) is 16.4. The summed E-state index contributed by atoms with van der Waals surface area (Å²) < 4.78 is 0. The summed E-state index contributed by atoms with van der Waals surface area (Å²) in [6, 6.07) is 54.9. The predicted octanol–water partition coefficient (Wildman–Crippen LogP) is 14.3. The molecule has 8 bridgehead atoms. The first-order valence-corrected chi connectivity index (χ1v) is 22.6. The highest BCUT2D eigenvalue weighted by atomic mass is 15.1. The van der Waals surface area contributed by atoms with Crippen molar-refractivity contribution >= 4 is 17.1 Å². The van der Waals surface area contributed by atoms with E-state index in [-0.39, 0.29) is 10.8 Å². The predicted molar refractivity (Wildman–Crippen MR) is 233 cm³/mol. The lowest BCUT2D eigenvalue weighted by Crippen LogP contribution is -2.55. The molecule has 280 valence electrons. The third-order valence-electron chi connectivity index (χ3n) is 17.8. The topological polar surface area (TPSA) is 3.24 Å². The van der Waals surface area contributed by atoms with Crippen molar-refractivity contribution in [1.29, 1.82) is 0 Å². The quantitative estimate of drug-likeness (QED) is 0.174. The van der Waals surface area contributed by atoms with E-state index in [0.717, 1.165) is 47.3 Å². The maximum Gasteiger partial charge on any atom is 0.0465 e. The molecule has 8 fully saturated rings. The van der Waals surface area contributed by atoms with Gasteiger partial charge in [-0.2, -0.15) is 0 Å². The molecule has 0 aromatic heterocycles. The average molecular weight is 738 g/mol. The van der Waals surface area contributed by atoms with E-state index < -0.39 is 0 Å². The Morgan fingerprint density at radius 2 is 0.684 bits per heavy atom. The van der Waals surface area contributed by atoms with E-state index in [1.165, 1.54) is 115 Å². The Hall–Kier alpha value is -4.88. The monoisotopic (exact) mass is 737 g/mol. The summed E-state index contributed by atoms with van der Waals surface area (Å²) in [6.45, 7) is 0. The van der Waals surface area contributed by atoms with Crippen molar-refractivity contribution in [2.24, 2.45) is 47.3 Å². The van der Waals surface area contributed by atoms with E-state index >= 15 is 0 Å². The van der Waals surface area contributed by atoms with Crippen LogP contribution in [0.3, 0.4) is 0 Å². The van der Waals surface area contributed by atoms with Crippen LogP contribution in [0.15, 0.2) is 140 Å². The first-order valence-electron chi connectivity index (χ1n) is 22.6. The summed E-state index contributed by atoms with van der Waals surface area (Å²) in [5, 5.41) is 0. The maximum absolute atomic E-state index is 2.70. The third kappa shape index (κ3) is 4.12. The standard InChI is InChI=1S/C56H51N/c1-2-8-38(9-3-1)39-14-16-44(17-15-39)57(45-18-20-49-47-10-4-6-12-51(47)55(53(49)32-45)40-24-34-22-35(26-40)27-41(55)25-34)46-19-21-50-48-11-5-7-13-52(48)56(54(50)33-46)42-28-36-23-37(30-42)31-43(56)29-36/h1-21,32-37,40-43H,22-31H2. The van der Waals surface area contributed by atoms with Gasteiger partial charge in [-0.1, -0.05) is 103 Å². The molecule has 0 amide bonds. The van der Waals surface area contributed by atoms with Crippen LogP contribution in [0.1, 0.15) is 86.5 Å². The van der Waals surface area contributed by atoms with Gasteiger partial charge in [-0.05, 0) is 204 Å². The van der Waals surface area contributed by atoms with Crippen molar-refractivity contribution in [2.75, 3.05) is 4.90 Å². The Kier molecular flexibility index (Phi) is 6.43. The second kappa shape index (κ2) is 11.4. The molecular weight excluding hydrogens is 687 g/mol. The average Bonchev–Trinajstić information content (AvgIpc) is 3.70. The van der Waals surface area contributed by atoms with Crippen LogP contribution < -0.4 is 4.90 Å². The molecule has 10 aliphatic carbocycles. The molecular formula is C56H51N. The minimum atomic E-state index is 0.141. The molecule has 0 radical (unpaired) electrons. The highest BCUT2D eigenvalue weighted by molar-refractivity contribution is 5.89. The van der Waals surface area contributed by atoms with Gasteiger partial charge < -0.3 is 4.90 Å². The summed E-state index contributed by atoms with van der Waals surface area (Å²) in [4.78, 5) is 2.65. The fraction of sp³-hybridized carbons (Fsp3) is 0.357. The van der Waals surface area contributed by atoms with Gasteiger partial charge in [0.1, 0.15) is 0 Å². The SMILES string of the molecule is c1ccc(-c2ccc(N(c3ccc4c(c3)C3(c5ccccc5-4)C4CC5CC(C4)CC3C5)c3ccc4c(c3)C3(c5ccccc5-4)C4CC5CC(C4)CC3C5)cc2)cc1. The number of hydrogen-bond donors (Lipinski definition) is 0. The minimum absolute atomic E-state index is 0.141. The van der Waals surface area contributed by atoms with Crippen LogP contribution in [0.2, 0.25) is 0 Å². The molecule has 0 saturated heterocycles. The van der Waals surface area contributed by atoms with E-state index in [9.17, 15) is 0 Å². The molecule has 6 aromatic carbocycles. The van der Waals surface area contributed by atoms with Crippen molar-refractivity contribution in [3.8, 4) is 33.4 Å². The molecule has 0 aliphatic heterocycles. The summed E-state index contributed by atoms with van der Waals surface area (Å²) in [5.41, 5.74) is 19.3. The van der Waals surface area contributed by atoms with E-state index in [4.69, 9.17) is 0 Å². The Labute approximate surface area is 338 Å². The number of fused-ring (bicyclic) bond motifs is 6. The molecule has 1 nitrogen and oxygen atoms in total. The Morgan fingerprint density at radius 1 is 0.316 bits per heavy atom. The third-order valence-corrected chi connectivity index (χ3v) is 17.8. The van der Waals surface area contributed by atoms with Crippen LogP contribution in [0.25, 0.3) is 33.4 Å². The van der Waals surface area contributed by atoms with Crippen molar-refractivity contribution in [2.45, 2.75) is 75.0 Å². The molecule has 1 heteroatoms. The lowest BCUT2D eigenvalue weighted by molar-refractivity contribution is -0.0399. The zero-order valence-corrected chi connectivity index (χ0v) is 32.9. The first kappa shape index (κ1) is 32.1. The van der Waals surface area contributed by atoms with Gasteiger partial charge in [-0.25, -0.2) is 0 Å². The molecule has 16 rings (SSSR count). The highest BCUT2D eigenvalue weighted by Gasteiger charge is 2.63.